The van der Waals surface area contributed by atoms with Gasteiger partial charge in [-0.2, -0.15) is 0 Å². The van der Waals surface area contributed by atoms with Gasteiger partial charge in [-0.05, 0) is 39.3 Å². The van der Waals surface area contributed by atoms with Gasteiger partial charge in [-0.3, -0.25) is 0 Å². The van der Waals surface area contributed by atoms with Gasteiger partial charge < -0.3 is 21.5 Å². The highest BCUT2D eigenvalue weighted by atomic mass is 19.1. The van der Waals surface area contributed by atoms with Crippen LogP contribution in [0.4, 0.5) is 20.6 Å². The number of halogens is 1. The van der Waals surface area contributed by atoms with Crippen LogP contribution < -0.4 is 16.8 Å². The van der Waals surface area contributed by atoms with Crippen molar-refractivity contribution in [3.63, 3.8) is 0 Å². The van der Waals surface area contributed by atoms with Crippen molar-refractivity contribution in [2.75, 3.05) is 18.0 Å². The molecule has 0 aliphatic heterocycles. The van der Waals surface area contributed by atoms with Crippen LogP contribution in [0.3, 0.4) is 0 Å². The average Bonchev–Trinajstić information content (AvgIpc) is 2.32. The summed E-state index contributed by atoms with van der Waals surface area (Å²) in [5.74, 6) is -0.437. The molecule has 0 aliphatic rings. The third-order valence-corrected chi connectivity index (χ3v) is 2.49. The van der Waals surface area contributed by atoms with Crippen LogP contribution in [0.15, 0.2) is 18.2 Å². The Balaban J connectivity index is 2.45. The minimum absolute atomic E-state index is 0.210. The summed E-state index contributed by atoms with van der Waals surface area (Å²) in [7, 11) is 0. The number of anilines is 2. The minimum atomic E-state index is -0.520. The van der Waals surface area contributed by atoms with E-state index in [2.05, 4.69) is 5.32 Å². The maximum atomic E-state index is 13.2. The first-order valence-corrected chi connectivity index (χ1v) is 6.67. The van der Waals surface area contributed by atoms with Crippen LogP contribution in [0, 0.1) is 5.82 Å². The zero-order valence-corrected chi connectivity index (χ0v) is 12.6. The number of nitrogens with two attached hydrogens (primary N) is 2. The van der Waals surface area contributed by atoms with Crippen molar-refractivity contribution >= 4 is 23.5 Å². The van der Waals surface area contributed by atoms with E-state index in [0.717, 1.165) is 0 Å². The molecule has 0 bridgehead atoms. The molecule has 0 heterocycles. The molecule has 1 aromatic carbocycles. The Hall–Kier alpha value is -2.24. The number of amides is 1. The maximum absolute atomic E-state index is 13.2. The first-order valence-electron chi connectivity index (χ1n) is 6.67. The molecule has 1 aromatic rings. The molecule has 0 fully saturated rings. The molecule has 0 unspecified atom stereocenters. The smallest absolute Gasteiger partial charge is 0.407 e. The van der Waals surface area contributed by atoms with Gasteiger partial charge in [-0.1, -0.05) is 12.2 Å². The highest BCUT2D eigenvalue weighted by molar-refractivity contribution is 5.75. The van der Waals surface area contributed by atoms with Crippen LogP contribution in [0.2, 0.25) is 0 Å². The molecule has 1 amide bonds. The Morgan fingerprint density at radius 1 is 1.38 bits per heavy atom. The molecule has 0 saturated heterocycles. The van der Waals surface area contributed by atoms with Crippen molar-refractivity contribution in [2.45, 2.75) is 32.8 Å². The Labute approximate surface area is 124 Å². The number of benzene rings is 1. The van der Waals surface area contributed by atoms with Gasteiger partial charge in [0, 0.05) is 12.1 Å². The van der Waals surface area contributed by atoms with Gasteiger partial charge >= 0.3 is 6.09 Å². The molecular weight excluding hydrogens is 273 g/mol. The summed E-state index contributed by atoms with van der Waals surface area (Å²) < 4.78 is 18.3. The van der Waals surface area contributed by atoms with E-state index in [9.17, 15) is 9.18 Å². The van der Waals surface area contributed by atoms with Crippen LogP contribution >= 0.6 is 0 Å². The summed E-state index contributed by atoms with van der Waals surface area (Å²) in [6.45, 7) is 5.80. The van der Waals surface area contributed by atoms with Crippen molar-refractivity contribution in [3.05, 3.63) is 29.6 Å². The van der Waals surface area contributed by atoms with E-state index in [1.165, 1.54) is 12.1 Å². The molecule has 0 aliphatic carbocycles. The fraction of sp³-hybridized carbons (Fsp3) is 0.400. The van der Waals surface area contributed by atoms with Gasteiger partial charge in [0.15, 0.2) is 0 Å². The molecule has 0 saturated carbocycles. The molecule has 0 aromatic heterocycles. The summed E-state index contributed by atoms with van der Waals surface area (Å²) in [5, 5.41) is 2.62. The lowest BCUT2D eigenvalue weighted by atomic mass is 10.1. The third kappa shape index (κ3) is 6.16. The lowest BCUT2D eigenvalue weighted by Crippen LogP contribution is -2.32. The van der Waals surface area contributed by atoms with Crippen LogP contribution in [-0.2, 0) is 4.74 Å². The second-order valence-corrected chi connectivity index (χ2v) is 5.62. The van der Waals surface area contributed by atoms with E-state index in [0.29, 0.717) is 24.2 Å². The molecule has 21 heavy (non-hydrogen) atoms. The first-order chi connectivity index (χ1) is 9.69. The van der Waals surface area contributed by atoms with E-state index in [1.54, 1.807) is 32.9 Å². The second-order valence-electron chi connectivity index (χ2n) is 5.62. The molecule has 0 spiro atoms. The van der Waals surface area contributed by atoms with Crippen LogP contribution in [0.1, 0.15) is 32.8 Å². The summed E-state index contributed by atoms with van der Waals surface area (Å²) in [5.41, 5.74) is 11.9. The SMILES string of the molecule is CC(C)(C)OC(=O)NCCC=Cc1cc(F)cc(N)c1N. The van der Waals surface area contributed by atoms with Gasteiger partial charge in [0.05, 0.1) is 11.4 Å². The summed E-state index contributed by atoms with van der Waals surface area (Å²) in [6.07, 6.45) is 3.55. The van der Waals surface area contributed by atoms with Crippen molar-refractivity contribution in [1.82, 2.24) is 5.32 Å². The lowest BCUT2D eigenvalue weighted by Gasteiger charge is -2.19. The molecular formula is C15H22FN3O2. The Morgan fingerprint density at radius 3 is 2.67 bits per heavy atom. The second kappa shape index (κ2) is 6.97. The number of alkyl carbamates (subject to hydrolysis) is 1. The van der Waals surface area contributed by atoms with E-state index >= 15 is 0 Å². The van der Waals surface area contributed by atoms with Gasteiger partial charge in [0.2, 0.25) is 0 Å². The summed E-state index contributed by atoms with van der Waals surface area (Å²) in [4.78, 5) is 11.4. The Kier molecular flexibility index (Phi) is 5.58. The van der Waals surface area contributed by atoms with E-state index in [4.69, 9.17) is 16.2 Å². The minimum Gasteiger partial charge on any atom is -0.444 e. The summed E-state index contributed by atoms with van der Waals surface area (Å²) >= 11 is 0. The fourth-order valence-electron chi connectivity index (χ4n) is 1.58. The number of carbonyl (C=O) groups is 1. The number of nitrogens with one attached hydrogen (secondary N) is 1. The molecule has 116 valence electrons. The van der Waals surface area contributed by atoms with E-state index in [-0.39, 0.29) is 5.69 Å². The third-order valence-electron chi connectivity index (χ3n) is 2.49. The molecule has 0 atom stereocenters. The maximum Gasteiger partial charge on any atom is 0.407 e. The van der Waals surface area contributed by atoms with Crippen molar-refractivity contribution in [3.8, 4) is 0 Å². The van der Waals surface area contributed by atoms with Crippen LogP contribution in [0.25, 0.3) is 6.08 Å². The quantitative estimate of drug-likeness (QED) is 0.588. The molecule has 6 heteroatoms. The molecule has 5 nitrogen and oxygen atoms in total. The molecule has 0 radical (unpaired) electrons. The number of hydrogen-bond donors (Lipinski definition) is 3. The number of carbonyl (C=O) groups excluding carboxylic acids is 1. The van der Waals surface area contributed by atoms with Gasteiger partial charge in [-0.25, -0.2) is 9.18 Å². The largest absolute Gasteiger partial charge is 0.444 e. The van der Waals surface area contributed by atoms with Crippen LogP contribution in [-0.4, -0.2) is 18.2 Å². The highest BCUT2D eigenvalue weighted by Crippen LogP contribution is 2.22. The number of hydrogen-bond acceptors (Lipinski definition) is 4. The van der Waals surface area contributed by atoms with Crippen molar-refractivity contribution in [1.29, 1.82) is 0 Å². The van der Waals surface area contributed by atoms with E-state index in [1.807, 2.05) is 0 Å². The predicted molar refractivity (Wildman–Crippen MR) is 83.1 cm³/mol. The average molecular weight is 295 g/mol. The molecule has 5 N–H and O–H groups in total. The first kappa shape index (κ1) is 16.8. The number of nitrogen functional groups attached to an aromatic ring is 2. The normalized spacial score (nSPS) is 11.6. The van der Waals surface area contributed by atoms with Crippen molar-refractivity contribution in [2.24, 2.45) is 0 Å². The highest BCUT2D eigenvalue weighted by Gasteiger charge is 2.15. The standard InChI is InChI=1S/C15H22FN3O2/c1-15(2,3)21-14(20)19-7-5-4-6-10-8-11(16)9-12(17)13(10)18/h4,6,8-9H,5,7,17-18H2,1-3H3,(H,19,20). The Bertz CT molecular complexity index is 536. The van der Waals surface area contributed by atoms with Crippen molar-refractivity contribution < 1.29 is 13.9 Å². The predicted octanol–water partition coefficient (Wildman–Crippen LogP) is 2.92. The zero-order chi connectivity index (χ0) is 16.0. The number of ether oxygens (including phenoxy) is 1. The van der Waals surface area contributed by atoms with Gasteiger partial charge in [-0.15, -0.1) is 0 Å². The Morgan fingerprint density at radius 2 is 2.05 bits per heavy atom. The monoisotopic (exact) mass is 295 g/mol. The molecule has 1 rings (SSSR count). The fourth-order valence-corrected chi connectivity index (χ4v) is 1.58. The summed E-state index contributed by atoms with van der Waals surface area (Å²) in [6, 6.07) is 2.49. The van der Waals surface area contributed by atoms with Gasteiger partial charge in [0.1, 0.15) is 11.4 Å². The lowest BCUT2D eigenvalue weighted by molar-refractivity contribution is 0.0529. The van der Waals surface area contributed by atoms with E-state index < -0.39 is 17.5 Å². The van der Waals surface area contributed by atoms with Gasteiger partial charge in [0.25, 0.3) is 0 Å². The van der Waals surface area contributed by atoms with Crippen LogP contribution in [0.5, 0.6) is 0 Å². The zero-order valence-electron chi connectivity index (χ0n) is 12.6. The topological polar surface area (TPSA) is 90.4 Å². The number of rotatable bonds is 4.